The van der Waals surface area contributed by atoms with E-state index in [9.17, 15) is 4.79 Å². The van der Waals surface area contributed by atoms with Gasteiger partial charge in [0.25, 0.3) is 0 Å². The molecular formula is C21H27N5O. The van der Waals surface area contributed by atoms with Gasteiger partial charge < -0.3 is 9.80 Å². The van der Waals surface area contributed by atoms with Gasteiger partial charge in [0.1, 0.15) is 11.6 Å². The predicted octanol–water partition coefficient (Wildman–Crippen LogP) is 2.63. The van der Waals surface area contributed by atoms with E-state index in [1.807, 2.05) is 43.6 Å². The van der Waals surface area contributed by atoms with Gasteiger partial charge in [0.2, 0.25) is 5.91 Å². The van der Waals surface area contributed by atoms with E-state index in [2.05, 4.69) is 24.8 Å². The summed E-state index contributed by atoms with van der Waals surface area (Å²) >= 11 is 0. The number of rotatable bonds is 4. The SMILES string of the molecule is Cc1nccc(N2CCC[C@]3(CCC(=O)N(CCc4ccccn4)C3)C2)n1. The average molecular weight is 365 g/mol. The van der Waals surface area contributed by atoms with E-state index in [0.29, 0.717) is 6.42 Å². The van der Waals surface area contributed by atoms with Crippen molar-refractivity contribution in [2.45, 2.75) is 39.0 Å². The van der Waals surface area contributed by atoms with Crippen LogP contribution in [-0.2, 0) is 11.2 Å². The molecule has 2 saturated heterocycles. The van der Waals surface area contributed by atoms with Crippen molar-refractivity contribution in [2.75, 3.05) is 31.1 Å². The smallest absolute Gasteiger partial charge is 0.222 e. The second-order valence-corrected chi connectivity index (χ2v) is 7.87. The fraction of sp³-hybridized carbons (Fsp3) is 0.524. The zero-order valence-corrected chi connectivity index (χ0v) is 16.0. The summed E-state index contributed by atoms with van der Waals surface area (Å²) in [6.45, 7) is 5.53. The van der Waals surface area contributed by atoms with Crippen molar-refractivity contribution in [1.29, 1.82) is 0 Å². The van der Waals surface area contributed by atoms with Gasteiger partial charge >= 0.3 is 0 Å². The van der Waals surface area contributed by atoms with Crippen LogP contribution in [0.1, 0.15) is 37.2 Å². The lowest BCUT2D eigenvalue weighted by atomic mass is 9.73. The van der Waals surface area contributed by atoms with Crippen LogP contribution in [0.15, 0.2) is 36.7 Å². The number of nitrogens with zero attached hydrogens (tertiary/aromatic N) is 5. The quantitative estimate of drug-likeness (QED) is 0.833. The molecule has 2 aliphatic heterocycles. The molecule has 27 heavy (non-hydrogen) atoms. The van der Waals surface area contributed by atoms with Gasteiger partial charge in [-0.2, -0.15) is 0 Å². The highest BCUT2D eigenvalue weighted by Crippen LogP contribution is 2.39. The van der Waals surface area contributed by atoms with Crippen molar-refractivity contribution >= 4 is 11.7 Å². The lowest BCUT2D eigenvalue weighted by molar-refractivity contribution is -0.137. The number of hydrogen-bond acceptors (Lipinski definition) is 5. The summed E-state index contributed by atoms with van der Waals surface area (Å²) in [5, 5.41) is 0. The number of amides is 1. The lowest BCUT2D eigenvalue weighted by Crippen LogP contribution is -2.54. The Morgan fingerprint density at radius 3 is 2.85 bits per heavy atom. The van der Waals surface area contributed by atoms with Crippen LogP contribution in [-0.4, -0.2) is 51.9 Å². The van der Waals surface area contributed by atoms with E-state index in [0.717, 1.165) is 62.8 Å². The Morgan fingerprint density at radius 1 is 1.11 bits per heavy atom. The summed E-state index contributed by atoms with van der Waals surface area (Å²) < 4.78 is 0. The van der Waals surface area contributed by atoms with Crippen LogP contribution in [0.25, 0.3) is 0 Å². The largest absolute Gasteiger partial charge is 0.356 e. The van der Waals surface area contributed by atoms with Gasteiger partial charge in [-0.25, -0.2) is 9.97 Å². The van der Waals surface area contributed by atoms with E-state index in [4.69, 9.17) is 0 Å². The van der Waals surface area contributed by atoms with E-state index in [-0.39, 0.29) is 11.3 Å². The Bertz CT molecular complexity index is 796. The molecule has 0 unspecified atom stereocenters. The van der Waals surface area contributed by atoms with Crippen LogP contribution in [0.3, 0.4) is 0 Å². The van der Waals surface area contributed by atoms with E-state index < -0.39 is 0 Å². The van der Waals surface area contributed by atoms with Gasteiger partial charge in [-0.05, 0) is 44.4 Å². The number of pyridine rings is 1. The minimum atomic E-state index is 0.176. The maximum atomic E-state index is 12.5. The molecule has 0 bridgehead atoms. The van der Waals surface area contributed by atoms with Gasteiger partial charge in [-0.1, -0.05) is 6.07 Å². The third-order valence-electron chi connectivity index (χ3n) is 5.86. The molecule has 2 aromatic rings. The van der Waals surface area contributed by atoms with Gasteiger partial charge in [0.05, 0.1) is 0 Å². The molecule has 2 fully saturated rings. The Kier molecular flexibility index (Phi) is 5.05. The summed E-state index contributed by atoms with van der Waals surface area (Å²) in [4.78, 5) is 30.2. The zero-order valence-electron chi connectivity index (χ0n) is 16.0. The fourth-order valence-electron chi connectivity index (χ4n) is 4.46. The van der Waals surface area contributed by atoms with Crippen LogP contribution < -0.4 is 4.90 Å². The first-order valence-corrected chi connectivity index (χ1v) is 9.86. The number of anilines is 1. The highest BCUT2D eigenvalue weighted by Gasteiger charge is 2.41. The van der Waals surface area contributed by atoms with Crippen LogP contribution in [0, 0.1) is 12.3 Å². The van der Waals surface area contributed by atoms with Gasteiger partial charge in [0.15, 0.2) is 0 Å². The first kappa shape index (κ1) is 17.9. The molecule has 2 aromatic heterocycles. The third-order valence-corrected chi connectivity index (χ3v) is 5.86. The second-order valence-electron chi connectivity index (χ2n) is 7.87. The maximum absolute atomic E-state index is 12.5. The topological polar surface area (TPSA) is 62.2 Å². The maximum Gasteiger partial charge on any atom is 0.222 e. The normalized spacial score (nSPS) is 23.1. The summed E-state index contributed by atoms with van der Waals surface area (Å²) in [7, 11) is 0. The lowest BCUT2D eigenvalue weighted by Gasteiger charge is -2.48. The molecule has 6 heteroatoms. The van der Waals surface area contributed by atoms with Crippen molar-refractivity contribution in [1.82, 2.24) is 19.9 Å². The third kappa shape index (κ3) is 4.10. The summed E-state index contributed by atoms with van der Waals surface area (Å²) in [5.41, 5.74) is 1.22. The van der Waals surface area contributed by atoms with Gasteiger partial charge in [-0.15, -0.1) is 0 Å². The van der Waals surface area contributed by atoms with Crippen molar-refractivity contribution < 1.29 is 4.79 Å². The Balaban J connectivity index is 1.44. The highest BCUT2D eigenvalue weighted by atomic mass is 16.2. The zero-order chi connectivity index (χ0) is 18.7. The highest BCUT2D eigenvalue weighted by molar-refractivity contribution is 5.77. The molecule has 0 aliphatic carbocycles. The number of likely N-dealkylation sites (tertiary alicyclic amines) is 1. The van der Waals surface area contributed by atoms with Crippen molar-refractivity contribution in [3.05, 3.63) is 48.2 Å². The Hall–Kier alpha value is -2.50. The van der Waals surface area contributed by atoms with E-state index >= 15 is 0 Å². The monoisotopic (exact) mass is 365 g/mol. The van der Waals surface area contributed by atoms with Crippen molar-refractivity contribution in [3.8, 4) is 0 Å². The number of carbonyl (C=O) groups excluding carboxylic acids is 1. The number of aromatic nitrogens is 3. The molecule has 1 spiro atoms. The molecule has 1 atom stereocenters. The number of carbonyl (C=O) groups is 1. The fourth-order valence-corrected chi connectivity index (χ4v) is 4.46. The minimum absolute atomic E-state index is 0.176. The van der Waals surface area contributed by atoms with Crippen molar-refractivity contribution in [2.24, 2.45) is 5.41 Å². The first-order chi connectivity index (χ1) is 13.1. The van der Waals surface area contributed by atoms with Crippen LogP contribution in [0.4, 0.5) is 5.82 Å². The number of piperidine rings is 2. The molecule has 4 heterocycles. The number of aryl methyl sites for hydroxylation is 1. The standard InChI is InChI=1S/C21H27N5O/c1-17-22-12-7-19(24-17)25-13-4-9-21(15-25)10-6-20(27)26(16-21)14-8-18-5-2-3-11-23-18/h2-3,5,7,11-12H,4,6,8-10,13-16H2,1H3/t21-/m0/s1. The van der Waals surface area contributed by atoms with Gasteiger partial charge in [-0.3, -0.25) is 9.78 Å². The molecule has 0 saturated carbocycles. The summed E-state index contributed by atoms with van der Waals surface area (Å²) in [6.07, 6.45) is 8.43. The molecule has 0 N–H and O–H groups in total. The summed E-state index contributed by atoms with van der Waals surface area (Å²) in [6, 6.07) is 7.96. The Labute approximate surface area is 160 Å². The van der Waals surface area contributed by atoms with Crippen LogP contribution in [0.2, 0.25) is 0 Å². The van der Waals surface area contributed by atoms with Gasteiger partial charge in [0, 0.05) is 62.5 Å². The Morgan fingerprint density at radius 2 is 2.04 bits per heavy atom. The molecule has 6 nitrogen and oxygen atoms in total. The van der Waals surface area contributed by atoms with Crippen molar-refractivity contribution in [3.63, 3.8) is 0 Å². The molecule has 1 amide bonds. The molecule has 0 aromatic carbocycles. The molecule has 4 rings (SSSR count). The summed E-state index contributed by atoms with van der Waals surface area (Å²) in [5.74, 6) is 2.10. The minimum Gasteiger partial charge on any atom is -0.356 e. The molecule has 2 aliphatic rings. The average Bonchev–Trinajstić information content (AvgIpc) is 2.70. The predicted molar refractivity (Wildman–Crippen MR) is 104 cm³/mol. The van der Waals surface area contributed by atoms with E-state index in [1.54, 1.807) is 0 Å². The molecular weight excluding hydrogens is 338 g/mol. The van der Waals surface area contributed by atoms with Crippen LogP contribution in [0.5, 0.6) is 0 Å². The van der Waals surface area contributed by atoms with E-state index in [1.165, 1.54) is 6.42 Å². The molecule has 0 radical (unpaired) electrons. The number of hydrogen-bond donors (Lipinski definition) is 0. The second kappa shape index (κ2) is 7.62. The first-order valence-electron chi connectivity index (χ1n) is 9.86. The molecule has 142 valence electrons. The van der Waals surface area contributed by atoms with Crippen LogP contribution >= 0.6 is 0 Å².